The number of ether oxygens (including phenoxy) is 1. The van der Waals surface area contributed by atoms with Crippen LogP contribution in [-0.2, 0) is 17.8 Å². The fourth-order valence-electron chi connectivity index (χ4n) is 2.20. The smallest absolute Gasteiger partial charge is 0.359 e. The molecular weight excluding hydrogens is 294 g/mol. The van der Waals surface area contributed by atoms with Crippen LogP contribution in [-0.4, -0.2) is 21.3 Å². The molecule has 1 N–H and O–H groups in total. The lowest BCUT2D eigenvalue weighted by Crippen LogP contribution is -2.05. The predicted octanol–water partition coefficient (Wildman–Crippen LogP) is 3.37. The first kappa shape index (κ1) is 15.0. The van der Waals surface area contributed by atoms with Gasteiger partial charge in [-0.1, -0.05) is 48.8 Å². The second-order valence-corrected chi connectivity index (χ2v) is 5.15. The van der Waals surface area contributed by atoms with Gasteiger partial charge in [0.1, 0.15) is 12.3 Å². The van der Waals surface area contributed by atoms with E-state index in [1.54, 1.807) is 12.1 Å². The number of carbonyl (C=O) groups excluding carboxylic acids is 1. The summed E-state index contributed by atoms with van der Waals surface area (Å²) in [5.41, 5.74) is 2.68. The van der Waals surface area contributed by atoms with Crippen LogP contribution in [0.4, 0.5) is 0 Å². The van der Waals surface area contributed by atoms with Gasteiger partial charge in [-0.05, 0) is 12.5 Å². The molecule has 2 aromatic heterocycles. The number of nitrogens with zero attached hydrogens (tertiary/aromatic N) is 2. The summed E-state index contributed by atoms with van der Waals surface area (Å²) < 4.78 is 10.5. The highest BCUT2D eigenvalue weighted by atomic mass is 16.5. The van der Waals surface area contributed by atoms with Crippen LogP contribution in [0.5, 0.6) is 0 Å². The van der Waals surface area contributed by atoms with Crippen molar-refractivity contribution in [1.82, 2.24) is 15.4 Å². The van der Waals surface area contributed by atoms with Crippen molar-refractivity contribution in [3.8, 4) is 11.3 Å². The highest BCUT2D eigenvalue weighted by molar-refractivity contribution is 5.87. The monoisotopic (exact) mass is 311 g/mol. The maximum Gasteiger partial charge on any atom is 0.359 e. The molecule has 0 radical (unpaired) electrons. The highest BCUT2D eigenvalue weighted by Gasteiger charge is 2.14. The Labute approximate surface area is 133 Å². The molecule has 23 heavy (non-hydrogen) atoms. The van der Waals surface area contributed by atoms with Crippen LogP contribution in [0, 0.1) is 0 Å². The van der Waals surface area contributed by atoms with E-state index >= 15 is 0 Å². The summed E-state index contributed by atoms with van der Waals surface area (Å²) in [6, 6.07) is 13.1. The van der Waals surface area contributed by atoms with Gasteiger partial charge in [-0.2, -0.15) is 5.10 Å². The fourth-order valence-corrected chi connectivity index (χ4v) is 2.20. The Kier molecular flexibility index (Phi) is 4.52. The zero-order chi connectivity index (χ0) is 16.1. The molecular formula is C17H17N3O3. The zero-order valence-electron chi connectivity index (χ0n) is 12.8. The van der Waals surface area contributed by atoms with Gasteiger partial charge in [0.25, 0.3) is 0 Å². The summed E-state index contributed by atoms with van der Waals surface area (Å²) in [6.45, 7) is 2.11. The van der Waals surface area contributed by atoms with Gasteiger partial charge in [0.05, 0.1) is 0 Å². The summed E-state index contributed by atoms with van der Waals surface area (Å²) in [5, 5.41) is 10.7. The molecule has 3 aromatic rings. The molecule has 2 heterocycles. The van der Waals surface area contributed by atoms with Crippen molar-refractivity contribution < 1.29 is 14.1 Å². The first-order chi connectivity index (χ1) is 11.3. The largest absolute Gasteiger partial charge is 0.454 e. The second kappa shape index (κ2) is 6.91. The third-order valence-electron chi connectivity index (χ3n) is 3.33. The lowest BCUT2D eigenvalue weighted by molar-refractivity contribution is 0.0457. The number of esters is 1. The summed E-state index contributed by atoms with van der Waals surface area (Å²) >= 11 is 0. The third kappa shape index (κ3) is 3.66. The van der Waals surface area contributed by atoms with Crippen LogP contribution in [0.3, 0.4) is 0 Å². The summed E-state index contributed by atoms with van der Waals surface area (Å²) in [6.07, 6.45) is 1.84. The molecule has 6 nitrogen and oxygen atoms in total. The van der Waals surface area contributed by atoms with Gasteiger partial charge >= 0.3 is 5.97 Å². The molecule has 6 heteroatoms. The molecule has 0 bridgehead atoms. The van der Waals surface area contributed by atoms with E-state index in [0.29, 0.717) is 11.5 Å². The normalized spacial score (nSPS) is 10.7. The predicted molar refractivity (Wildman–Crippen MR) is 83.6 cm³/mol. The van der Waals surface area contributed by atoms with E-state index in [9.17, 15) is 4.79 Å². The minimum Gasteiger partial charge on any atom is -0.454 e. The van der Waals surface area contributed by atoms with Crippen LogP contribution in [0.1, 0.15) is 35.2 Å². The number of aromatic amines is 1. The van der Waals surface area contributed by atoms with E-state index in [1.165, 1.54) is 0 Å². The molecule has 0 spiro atoms. The molecule has 0 aliphatic carbocycles. The van der Waals surface area contributed by atoms with E-state index in [1.807, 2.05) is 30.3 Å². The van der Waals surface area contributed by atoms with Crippen molar-refractivity contribution >= 4 is 5.97 Å². The Bertz CT molecular complexity index is 777. The Morgan fingerprint density at radius 2 is 2.09 bits per heavy atom. The molecule has 1 aromatic carbocycles. The average molecular weight is 311 g/mol. The van der Waals surface area contributed by atoms with Crippen molar-refractivity contribution in [1.29, 1.82) is 0 Å². The number of H-pyrrole nitrogens is 1. The number of aromatic nitrogens is 3. The van der Waals surface area contributed by atoms with Crippen molar-refractivity contribution in [2.75, 3.05) is 0 Å². The van der Waals surface area contributed by atoms with Crippen LogP contribution in [0.25, 0.3) is 11.3 Å². The van der Waals surface area contributed by atoms with Gasteiger partial charge < -0.3 is 9.26 Å². The molecule has 3 rings (SSSR count). The molecule has 0 aliphatic rings. The maximum atomic E-state index is 11.9. The number of benzene rings is 1. The number of carbonyl (C=O) groups is 1. The lowest BCUT2D eigenvalue weighted by atomic mass is 10.2. The van der Waals surface area contributed by atoms with Crippen molar-refractivity contribution in [3.05, 3.63) is 59.5 Å². The van der Waals surface area contributed by atoms with E-state index in [2.05, 4.69) is 22.3 Å². The van der Waals surface area contributed by atoms with Gasteiger partial charge in [0, 0.05) is 17.3 Å². The number of hydrogen-bond acceptors (Lipinski definition) is 5. The van der Waals surface area contributed by atoms with Gasteiger partial charge in [-0.25, -0.2) is 4.79 Å². The quantitative estimate of drug-likeness (QED) is 0.706. The number of nitrogens with one attached hydrogen (secondary N) is 1. The standard InChI is InChI=1S/C17H17N3O3/c1-2-6-13-9-15(19-18-13)17(21)22-11-14-10-16(23-20-14)12-7-4-3-5-8-12/h3-5,7-10H,2,6,11H2,1H3,(H,18,19). The van der Waals surface area contributed by atoms with Crippen LogP contribution >= 0.6 is 0 Å². The Morgan fingerprint density at radius 1 is 1.26 bits per heavy atom. The van der Waals surface area contributed by atoms with E-state index in [-0.39, 0.29) is 12.3 Å². The molecule has 118 valence electrons. The first-order valence-corrected chi connectivity index (χ1v) is 7.48. The number of hydrogen-bond donors (Lipinski definition) is 1. The third-order valence-corrected chi connectivity index (χ3v) is 3.33. The van der Waals surface area contributed by atoms with Gasteiger partial charge in [-0.15, -0.1) is 0 Å². The Balaban J connectivity index is 1.60. The SMILES string of the molecule is CCCc1cc(C(=O)OCc2cc(-c3ccccc3)on2)n[nH]1. The zero-order valence-corrected chi connectivity index (χ0v) is 12.8. The number of rotatable bonds is 6. The Hall–Kier alpha value is -2.89. The highest BCUT2D eigenvalue weighted by Crippen LogP contribution is 2.20. The van der Waals surface area contributed by atoms with Crippen molar-refractivity contribution in [2.24, 2.45) is 0 Å². The van der Waals surface area contributed by atoms with E-state index in [0.717, 1.165) is 24.1 Å². The first-order valence-electron chi connectivity index (χ1n) is 7.48. The van der Waals surface area contributed by atoms with E-state index in [4.69, 9.17) is 9.26 Å². The molecule has 0 aliphatic heterocycles. The average Bonchev–Trinajstić information content (AvgIpc) is 3.23. The van der Waals surface area contributed by atoms with Gasteiger partial charge in [0.2, 0.25) is 0 Å². The van der Waals surface area contributed by atoms with Crippen LogP contribution < -0.4 is 0 Å². The van der Waals surface area contributed by atoms with Crippen molar-refractivity contribution in [3.63, 3.8) is 0 Å². The summed E-state index contributed by atoms with van der Waals surface area (Å²) in [4.78, 5) is 11.9. The molecule has 0 saturated heterocycles. The molecule has 0 atom stereocenters. The molecule has 0 fully saturated rings. The topological polar surface area (TPSA) is 81.0 Å². The summed E-state index contributed by atoms with van der Waals surface area (Å²) in [7, 11) is 0. The van der Waals surface area contributed by atoms with Gasteiger partial charge in [0.15, 0.2) is 11.5 Å². The van der Waals surface area contributed by atoms with E-state index < -0.39 is 5.97 Å². The maximum absolute atomic E-state index is 11.9. The molecule has 0 saturated carbocycles. The fraction of sp³-hybridized carbons (Fsp3) is 0.235. The molecule has 0 unspecified atom stereocenters. The van der Waals surface area contributed by atoms with Crippen LogP contribution in [0.15, 0.2) is 47.0 Å². The van der Waals surface area contributed by atoms with Gasteiger partial charge in [-0.3, -0.25) is 5.10 Å². The van der Waals surface area contributed by atoms with Crippen LogP contribution in [0.2, 0.25) is 0 Å². The van der Waals surface area contributed by atoms with Crippen molar-refractivity contribution in [2.45, 2.75) is 26.4 Å². The minimum atomic E-state index is -0.479. The Morgan fingerprint density at radius 3 is 2.87 bits per heavy atom. The minimum absolute atomic E-state index is 0.0468. The lowest BCUT2D eigenvalue weighted by Gasteiger charge is -1.98. The summed E-state index contributed by atoms with van der Waals surface area (Å²) in [5.74, 6) is 0.162. The number of aryl methyl sites for hydroxylation is 1. The molecule has 0 amide bonds. The second-order valence-electron chi connectivity index (χ2n) is 5.15.